The molecule has 0 unspecified atom stereocenters. The molecule has 0 aliphatic carbocycles. The van der Waals surface area contributed by atoms with Gasteiger partial charge in [0, 0.05) is 18.2 Å². The molecule has 12 heteroatoms. The monoisotopic (exact) mass is 472 g/mol. The molecule has 0 aromatic carbocycles. The number of nitrogens with one attached hydrogen (secondary N) is 2. The fraction of sp³-hybridized carbons (Fsp3) is 0.409. The van der Waals surface area contributed by atoms with Crippen LogP contribution in [-0.2, 0) is 9.59 Å². The summed E-state index contributed by atoms with van der Waals surface area (Å²) in [4.78, 5) is 44.4. The summed E-state index contributed by atoms with van der Waals surface area (Å²) < 4.78 is 3.43. The van der Waals surface area contributed by atoms with Crippen molar-refractivity contribution in [1.29, 1.82) is 0 Å². The summed E-state index contributed by atoms with van der Waals surface area (Å²) in [5.41, 5.74) is 3.59. The number of pyridine rings is 2. The van der Waals surface area contributed by atoms with Gasteiger partial charge in [-0.25, -0.2) is 0 Å². The van der Waals surface area contributed by atoms with Crippen LogP contribution in [0.1, 0.15) is 56.7 Å². The van der Waals surface area contributed by atoms with Gasteiger partial charge in [0.05, 0.1) is 28.0 Å². The van der Waals surface area contributed by atoms with Gasteiger partial charge in [0.15, 0.2) is 5.75 Å². The molecule has 4 rings (SSSR count). The quantitative estimate of drug-likeness (QED) is 0.344. The molecule has 4 N–H and O–H groups in total. The average Bonchev–Trinajstić information content (AvgIpc) is 3.25. The summed E-state index contributed by atoms with van der Waals surface area (Å²) in [5, 5.41) is 28.3. The van der Waals surface area contributed by atoms with E-state index in [0.29, 0.717) is 33.3 Å². The van der Waals surface area contributed by atoms with Gasteiger partial charge in [-0.05, 0) is 48.5 Å². The van der Waals surface area contributed by atoms with E-state index in [1.54, 1.807) is 23.2 Å². The van der Waals surface area contributed by atoms with E-state index in [-0.39, 0.29) is 40.9 Å². The normalized spacial score (nSPS) is 10.7. The number of aromatic amines is 2. The van der Waals surface area contributed by atoms with Crippen LogP contribution < -0.4 is 11.1 Å². The Hall–Kier alpha value is -4.18. The number of hydrogen-bond donors (Lipinski definition) is 4. The molecule has 4 heterocycles. The van der Waals surface area contributed by atoms with Crippen LogP contribution in [0.4, 0.5) is 0 Å². The minimum absolute atomic E-state index is 0.0213. The van der Waals surface area contributed by atoms with E-state index in [4.69, 9.17) is 9.59 Å². The molecule has 34 heavy (non-hydrogen) atoms. The predicted molar refractivity (Wildman–Crippen MR) is 124 cm³/mol. The first-order chi connectivity index (χ1) is 15.8. The second-order valence-corrected chi connectivity index (χ2v) is 8.22. The molecule has 4 aromatic rings. The highest BCUT2D eigenvalue weighted by Gasteiger charge is 2.17. The molecule has 0 saturated heterocycles. The first-order valence-corrected chi connectivity index (χ1v) is 10.5. The maximum absolute atomic E-state index is 11.5. The van der Waals surface area contributed by atoms with E-state index in [9.17, 15) is 19.8 Å². The fourth-order valence-electron chi connectivity index (χ4n) is 3.46. The Balaban J connectivity index is 0.000000216. The van der Waals surface area contributed by atoms with Crippen LogP contribution in [0, 0.1) is 20.8 Å². The number of H-pyrrole nitrogens is 2. The number of aromatic nitrogens is 6. The molecule has 0 aliphatic rings. The van der Waals surface area contributed by atoms with Crippen LogP contribution >= 0.6 is 0 Å². The maximum Gasteiger partial charge on any atom is 0.373 e. The van der Waals surface area contributed by atoms with Gasteiger partial charge >= 0.3 is 6.15 Å². The van der Waals surface area contributed by atoms with Gasteiger partial charge in [-0.15, -0.1) is 0 Å². The Morgan fingerprint density at radius 2 is 1.29 bits per heavy atom. The van der Waals surface area contributed by atoms with Gasteiger partial charge in [-0.2, -0.15) is 19.8 Å². The summed E-state index contributed by atoms with van der Waals surface area (Å²) >= 11 is 0. The van der Waals surface area contributed by atoms with Gasteiger partial charge in [0.1, 0.15) is 16.8 Å². The van der Waals surface area contributed by atoms with Gasteiger partial charge < -0.3 is 20.2 Å². The molecular weight excluding hydrogens is 444 g/mol. The standard InChI is InChI=1S/C11H15N3O2.C10H13N3O2.CO2/c1-5(2)14-9-8(7(4)13-14)12-11(16)6(3)10(9)15;1-5(2)13-10-7(14)4-8(15)11-9(10)6(3)12-13;2-1-3/h5H,1-4H3,(H2,12,15,16);4-5H,1-3H3,(H2,11,14,15);. The number of hydrogen-bond acceptors (Lipinski definition) is 8. The third-order valence-corrected chi connectivity index (χ3v) is 5.07. The number of carbonyl (C=O) groups excluding carboxylic acids is 2. The van der Waals surface area contributed by atoms with E-state index >= 15 is 0 Å². The van der Waals surface area contributed by atoms with Crippen LogP contribution in [-0.4, -0.2) is 45.9 Å². The van der Waals surface area contributed by atoms with Crippen molar-refractivity contribution < 1.29 is 19.8 Å². The summed E-state index contributed by atoms with van der Waals surface area (Å²) in [5.74, 6) is -0.00361. The topological polar surface area (TPSA) is 176 Å². The smallest absolute Gasteiger partial charge is 0.373 e. The number of nitrogens with zero attached hydrogens (tertiary/aromatic N) is 4. The molecule has 0 radical (unpaired) electrons. The molecule has 12 nitrogen and oxygen atoms in total. The summed E-state index contributed by atoms with van der Waals surface area (Å²) in [6.07, 6.45) is 0.250. The van der Waals surface area contributed by atoms with Crippen molar-refractivity contribution in [2.24, 2.45) is 0 Å². The van der Waals surface area contributed by atoms with Crippen molar-refractivity contribution in [3.8, 4) is 11.5 Å². The zero-order valence-corrected chi connectivity index (χ0v) is 20.0. The number of fused-ring (bicyclic) bond motifs is 2. The molecule has 0 aliphatic heterocycles. The summed E-state index contributed by atoms with van der Waals surface area (Å²) in [6.45, 7) is 13.1. The lowest BCUT2D eigenvalue weighted by molar-refractivity contribution is -0.191. The Kier molecular flexibility index (Phi) is 7.80. The minimum Gasteiger partial charge on any atom is -0.505 e. The van der Waals surface area contributed by atoms with Gasteiger partial charge in [-0.3, -0.25) is 19.0 Å². The second-order valence-electron chi connectivity index (χ2n) is 8.22. The van der Waals surface area contributed by atoms with Crippen LogP contribution in [0.25, 0.3) is 22.1 Å². The average molecular weight is 473 g/mol. The molecule has 0 saturated carbocycles. The number of rotatable bonds is 2. The zero-order valence-electron chi connectivity index (χ0n) is 20.0. The van der Waals surface area contributed by atoms with E-state index in [0.717, 1.165) is 5.69 Å². The van der Waals surface area contributed by atoms with E-state index < -0.39 is 0 Å². The Labute approximate surface area is 193 Å². The van der Waals surface area contributed by atoms with E-state index in [1.165, 1.54) is 6.07 Å². The SMILES string of the molecule is Cc1c(O)c2c([nH]c1=O)c(C)nn2C(C)C.Cc1nn(C(C)C)c2c(O)cc(=O)[nH]c12.O=C=O. The van der Waals surface area contributed by atoms with Crippen LogP contribution in [0.15, 0.2) is 15.7 Å². The first-order valence-electron chi connectivity index (χ1n) is 10.5. The molecule has 182 valence electrons. The molecule has 4 aromatic heterocycles. The summed E-state index contributed by atoms with van der Waals surface area (Å²) in [6, 6.07) is 1.44. The lowest BCUT2D eigenvalue weighted by Gasteiger charge is -2.08. The number of aromatic hydroxyl groups is 2. The lowest BCUT2D eigenvalue weighted by Crippen LogP contribution is -2.10. The molecule has 0 amide bonds. The van der Waals surface area contributed by atoms with Crippen molar-refractivity contribution in [3.05, 3.63) is 43.7 Å². The Morgan fingerprint density at radius 1 is 0.853 bits per heavy atom. The highest BCUT2D eigenvalue weighted by Crippen LogP contribution is 2.28. The van der Waals surface area contributed by atoms with E-state index in [1.807, 2.05) is 34.6 Å². The highest BCUT2D eigenvalue weighted by molar-refractivity contribution is 5.84. The highest BCUT2D eigenvalue weighted by atomic mass is 16.3. The molecular formula is C22H28N6O6. The lowest BCUT2D eigenvalue weighted by atomic mass is 10.2. The van der Waals surface area contributed by atoms with Gasteiger partial charge in [-0.1, -0.05) is 0 Å². The Bertz CT molecular complexity index is 1480. The predicted octanol–water partition coefficient (Wildman–Crippen LogP) is 2.36. The van der Waals surface area contributed by atoms with Gasteiger partial charge in [0.2, 0.25) is 0 Å². The van der Waals surface area contributed by atoms with Crippen LogP contribution in [0.3, 0.4) is 0 Å². The molecule has 0 spiro atoms. The third-order valence-electron chi connectivity index (χ3n) is 5.07. The Morgan fingerprint density at radius 3 is 1.76 bits per heavy atom. The largest absolute Gasteiger partial charge is 0.505 e. The molecule has 0 fully saturated rings. The number of aryl methyl sites for hydroxylation is 2. The van der Waals surface area contributed by atoms with Crippen molar-refractivity contribution in [1.82, 2.24) is 29.5 Å². The van der Waals surface area contributed by atoms with Crippen molar-refractivity contribution in [3.63, 3.8) is 0 Å². The zero-order chi connectivity index (χ0) is 25.9. The van der Waals surface area contributed by atoms with Crippen molar-refractivity contribution in [2.45, 2.75) is 60.5 Å². The summed E-state index contributed by atoms with van der Waals surface area (Å²) in [7, 11) is 0. The van der Waals surface area contributed by atoms with E-state index in [2.05, 4.69) is 20.2 Å². The molecule has 0 atom stereocenters. The third kappa shape index (κ3) is 4.91. The van der Waals surface area contributed by atoms with Crippen LogP contribution in [0.2, 0.25) is 0 Å². The molecule has 0 bridgehead atoms. The van der Waals surface area contributed by atoms with Crippen LogP contribution in [0.5, 0.6) is 11.5 Å². The van der Waals surface area contributed by atoms with Crippen molar-refractivity contribution in [2.75, 3.05) is 0 Å². The minimum atomic E-state index is -0.314. The maximum atomic E-state index is 11.5. The fourth-order valence-corrected chi connectivity index (χ4v) is 3.46. The van der Waals surface area contributed by atoms with Gasteiger partial charge in [0.25, 0.3) is 11.1 Å². The van der Waals surface area contributed by atoms with Crippen molar-refractivity contribution >= 4 is 28.2 Å². The second kappa shape index (κ2) is 10.2. The first kappa shape index (κ1) is 26.1.